The Labute approximate surface area is 98.1 Å². The molecule has 1 aromatic heterocycles. The molecule has 0 bridgehead atoms. The van der Waals surface area contributed by atoms with Crippen LogP contribution in [0.5, 0.6) is 0 Å². The zero-order valence-corrected chi connectivity index (χ0v) is 9.84. The molecule has 0 amide bonds. The van der Waals surface area contributed by atoms with Gasteiger partial charge in [0.2, 0.25) is 0 Å². The van der Waals surface area contributed by atoms with Crippen LogP contribution in [0, 0.1) is 25.2 Å². The predicted octanol–water partition coefficient (Wildman–Crippen LogP) is 3.31. The van der Waals surface area contributed by atoms with Gasteiger partial charge < -0.3 is 4.42 Å². The quantitative estimate of drug-likeness (QED) is 0.794. The summed E-state index contributed by atoms with van der Waals surface area (Å²) in [5.74, 6) is 0.832. The molecule has 0 radical (unpaired) electrons. The van der Waals surface area contributed by atoms with E-state index < -0.39 is 0 Å². The van der Waals surface area contributed by atoms with Crippen LogP contribution in [-0.4, -0.2) is 4.98 Å². The fourth-order valence-electron chi connectivity index (χ4n) is 1.22. The van der Waals surface area contributed by atoms with Crippen molar-refractivity contribution in [1.29, 1.82) is 5.26 Å². The summed E-state index contributed by atoms with van der Waals surface area (Å²) in [6.07, 6.45) is 0. The second-order valence-electron chi connectivity index (χ2n) is 3.36. The van der Waals surface area contributed by atoms with Crippen molar-refractivity contribution in [2.45, 2.75) is 24.0 Å². The molecule has 0 saturated carbocycles. The summed E-state index contributed by atoms with van der Waals surface area (Å²) in [6.45, 7) is 3.80. The Balaban J connectivity index is 2.24. The number of rotatable bonds is 2. The van der Waals surface area contributed by atoms with Crippen molar-refractivity contribution in [3.8, 4) is 6.07 Å². The fraction of sp³-hybridized carbons (Fsp3) is 0.167. The van der Waals surface area contributed by atoms with Gasteiger partial charge >= 0.3 is 0 Å². The number of aromatic nitrogens is 1. The molecule has 0 unspecified atom stereocenters. The highest BCUT2D eigenvalue weighted by Crippen LogP contribution is 2.28. The monoisotopic (exact) mass is 230 g/mol. The van der Waals surface area contributed by atoms with Crippen LogP contribution in [-0.2, 0) is 0 Å². The minimum atomic E-state index is 0.616. The van der Waals surface area contributed by atoms with Gasteiger partial charge in [-0.3, -0.25) is 0 Å². The molecule has 4 heteroatoms. The highest BCUT2D eigenvalue weighted by Gasteiger charge is 2.07. The molecule has 1 aromatic carbocycles. The van der Waals surface area contributed by atoms with Crippen LogP contribution in [0.4, 0.5) is 0 Å². The average molecular weight is 230 g/mol. The van der Waals surface area contributed by atoms with Gasteiger partial charge in [-0.15, -0.1) is 0 Å². The first-order valence-corrected chi connectivity index (χ1v) is 5.63. The largest absolute Gasteiger partial charge is 0.436 e. The molecule has 0 spiro atoms. The maximum atomic E-state index is 8.78. The van der Waals surface area contributed by atoms with E-state index in [4.69, 9.17) is 9.68 Å². The van der Waals surface area contributed by atoms with E-state index in [9.17, 15) is 0 Å². The van der Waals surface area contributed by atoms with Gasteiger partial charge in [0, 0.05) is 4.90 Å². The van der Waals surface area contributed by atoms with E-state index in [-0.39, 0.29) is 0 Å². The summed E-state index contributed by atoms with van der Waals surface area (Å²) < 4.78 is 5.46. The summed E-state index contributed by atoms with van der Waals surface area (Å²) in [5.41, 5.74) is 1.55. The minimum Gasteiger partial charge on any atom is -0.436 e. The summed E-state index contributed by atoms with van der Waals surface area (Å²) in [6, 6.07) is 9.48. The SMILES string of the molecule is Cc1nc(Sc2cccc(C#N)c2)oc1C. The van der Waals surface area contributed by atoms with Gasteiger partial charge in [0.25, 0.3) is 5.22 Å². The molecule has 0 saturated heterocycles. The smallest absolute Gasteiger partial charge is 0.260 e. The lowest BCUT2D eigenvalue weighted by molar-refractivity contribution is 0.431. The number of nitrogens with zero attached hydrogens (tertiary/aromatic N) is 2. The van der Waals surface area contributed by atoms with Gasteiger partial charge in [-0.05, 0) is 43.8 Å². The Morgan fingerprint density at radius 1 is 1.38 bits per heavy atom. The van der Waals surface area contributed by atoms with Crippen LogP contribution in [0.15, 0.2) is 38.8 Å². The van der Waals surface area contributed by atoms with Crippen LogP contribution in [0.1, 0.15) is 17.0 Å². The molecule has 0 aliphatic carbocycles. The van der Waals surface area contributed by atoms with Crippen LogP contribution >= 0.6 is 11.8 Å². The Hall–Kier alpha value is -1.73. The van der Waals surface area contributed by atoms with Crippen molar-refractivity contribution >= 4 is 11.8 Å². The maximum absolute atomic E-state index is 8.78. The second-order valence-corrected chi connectivity index (χ2v) is 4.39. The number of nitriles is 1. The molecule has 0 aliphatic rings. The van der Waals surface area contributed by atoms with Crippen molar-refractivity contribution in [3.63, 3.8) is 0 Å². The Bertz CT molecular complexity index is 535. The summed E-state index contributed by atoms with van der Waals surface area (Å²) in [7, 11) is 0. The molecule has 2 rings (SSSR count). The average Bonchev–Trinajstić information content (AvgIpc) is 2.58. The lowest BCUT2D eigenvalue weighted by Crippen LogP contribution is -1.77. The third kappa shape index (κ3) is 2.26. The van der Waals surface area contributed by atoms with E-state index in [0.29, 0.717) is 10.8 Å². The van der Waals surface area contributed by atoms with Crippen molar-refractivity contribution in [3.05, 3.63) is 41.3 Å². The molecule has 0 aliphatic heterocycles. The summed E-state index contributed by atoms with van der Waals surface area (Å²) in [4.78, 5) is 5.23. The standard InChI is InChI=1S/C12H10N2OS/c1-8-9(2)15-12(14-8)16-11-5-3-4-10(6-11)7-13/h3-6H,1-2H3. The lowest BCUT2D eigenvalue weighted by atomic mass is 10.2. The molecule has 16 heavy (non-hydrogen) atoms. The van der Waals surface area contributed by atoms with Crippen LogP contribution in [0.3, 0.4) is 0 Å². The lowest BCUT2D eigenvalue weighted by Gasteiger charge is -1.96. The van der Waals surface area contributed by atoms with E-state index in [0.717, 1.165) is 16.3 Å². The van der Waals surface area contributed by atoms with Gasteiger partial charge in [-0.1, -0.05) is 6.07 Å². The molecule has 0 fully saturated rings. The summed E-state index contributed by atoms with van der Waals surface area (Å²) in [5, 5.41) is 9.39. The Kier molecular flexibility index (Phi) is 2.97. The van der Waals surface area contributed by atoms with Gasteiger partial charge in [0.1, 0.15) is 5.76 Å². The number of hydrogen-bond donors (Lipinski definition) is 0. The topological polar surface area (TPSA) is 49.8 Å². The highest BCUT2D eigenvalue weighted by atomic mass is 32.2. The molecule has 3 nitrogen and oxygen atoms in total. The minimum absolute atomic E-state index is 0.616. The van der Waals surface area contributed by atoms with Crippen LogP contribution < -0.4 is 0 Å². The molecule has 0 atom stereocenters. The van der Waals surface area contributed by atoms with Crippen molar-refractivity contribution in [2.24, 2.45) is 0 Å². The first kappa shape index (κ1) is 10.8. The van der Waals surface area contributed by atoms with E-state index in [1.807, 2.05) is 32.0 Å². The number of aryl methyl sites for hydroxylation is 2. The Morgan fingerprint density at radius 2 is 2.19 bits per heavy atom. The van der Waals surface area contributed by atoms with Crippen LogP contribution in [0.2, 0.25) is 0 Å². The van der Waals surface area contributed by atoms with E-state index >= 15 is 0 Å². The number of benzene rings is 1. The molecule has 1 heterocycles. The van der Waals surface area contributed by atoms with Crippen molar-refractivity contribution < 1.29 is 4.42 Å². The predicted molar refractivity (Wildman–Crippen MR) is 61.3 cm³/mol. The Morgan fingerprint density at radius 3 is 2.81 bits per heavy atom. The molecule has 2 aromatic rings. The summed E-state index contributed by atoms with van der Waals surface area (Å²) >= 11 is 1.42. The molecule has 0 N–H and O–H groups in total. The molecule has 80 valence electrons. The molecular formula is C12H10N2OS. The van der Waals surface area contributed by atoms with E-state index in [1.165, 1.54) is 11.8 Å². The van der Waals surface area contributed by atoms with Crippen LogP contribution in [0.25, 0.3) is 0 Å². The van der Waals surface area contributed by atoms with E-state index in [2.05, 4.69) is 11.1 Å². The number of hydrogen-bond acceptors (Lipinski definition) is 4. The molecular weight excluding hydrogens is 220 g/mol. The first-order chi connectivity index (χ1) is 7.69. The van der Waals surface area contributed by atoms with E-state index in [1.54, 1.807) is 6.07 Å². The normalized spacial score (nSPS) is 10.1. The van der Waals surface area contributed by atoms with Gasteiger partial charge in [0.15, 0.2) is 0 Å². The second kappa shape index (κ2) is 4.42. The first-order valence-electron chi connectivity index (χ1n) is 4.81. The third-order valence-corrected chi connectivity index (χ3v) is 3.02. The maximum Gasteiger partial charge on any atom is 0.260 e. The van der Waals surface area contributed by atoms with Gasteiger partial charge in [0.05, 0.1) is 17.3 Å². The zero-order chi connectivity index (χ0) is 11.5. The highest BCUT2D eigenvalue weighted by molar-refractivity contribution is 7.99. The van der Waals surface area contributed by atoms with Gasteiger partial charge in [-0.2, -0.15) is 5.26 Å². The fourth-order valence-corrected chi connectivity index (χ4v) is 2.10. The van der Waals surface area contributed by atoms with Crippen molar-refractivity contribution in [1.82, 2.24) is 4.98 Å². The number of oxazole rings is 1. The van der Waals surface area contributed by atoms with Gasteiger partial charge in [-0.25, -0.2) is 4.98 Å². The zero-order valence-electron chi connectivity index (χ0n) is 9.02. The van der Waals surface area contributed by atoms with Crippen molar-refractivity contribution in [2.75, 3.05) is 0 Å². The third-order valence-electron chi connectivity index (χ3n) is 2.18.